The minimum Gasteiger partial charge on any atom is -0.493 e. The molecule has 0 spiro atoms. The highest BCUT2D eigenvalue weighted by Crippen LogP contribution is 2.29. The van der Waals surface area contributed by atoms with Crippen molar-refractivity contribution in [2.75, 3.05) is 39.3 Å². The predicted molar refractivity (Wildman–Crippen MR) is 77.7 cm³/mol. The molecule has 0 fully saturated rings. The molecule has 0 aliphatic carbocycles. The Kier molecular flexibility index (Phi) is 7.27. The molecule has 0 bridgehead atoms. The summed E-state index contributed by atoms with van der Waals surface area (Å²) in [6.07, 6.45) is 0.785. The van der Waals surface area contributed by atoms with Gasteiger partial charge >= 0.3 is 6.03 Å². The van der Waals surface area contributed by atoms with Gasteiger partial charge in [-0.25, -0.2) is 4.79 Å². The number of amides is 2. The highest BCUT2D eigenvalue weighted by Gasteiger charge is 2.06. The van der Waals surface area contributed by atoms with Gasteiger partial charge in [0.15, 0.2) is 11.5 Å². The first-order valence-corrected chi connectivity index (χ1v) is 6.55. The van der Waals surface area contributed by atoms with E-state index in [0.29, 0.717) is 36.9 Å². The molecule has 0 aromatic heterocycles. The molecule has 2 N–H and O–H groups in total. The number of urea groups is 1. The van der Waals surface area contributed by atoms with Gasteiger partial charge in [0.2, 0.25) is 0 Å². The van der Waals surface area contributed by atoms with Gasteiger partial charge in [-0.05, 0) is 25.5 Å². The third kappa shape index (κ3) is 5.36. The fraction of sp³-hybridized carbons (Fsp3) is 0.500. The van der Waals surface area contributed by atoms with E-state index in [9.17, 15) is 4.79 Å². The number of carbonyl (C=O) groups excluding carboxylic acids is 1. The minimum absolute atomic E-state index is 0.256. The first-order chi connectivity index (χ1) is 9.71. The zero-order valence-electron chi connectivity index (χ0n) is 12.2. The van der Waals surface area contributed by atoms with Gasteiger partial charge in [0.1, 0.15) is 0 Å². The molecule has 0 unspecified atom stereocenters. The zero-order chi connectivity index (χ0) is 14.8. The molecule has 1 aromatic carbocycles. The number of carbonyl (C=O) groups is 1. The topological polar surface area (TPSA) is 68.8 Å². The summed E-state index contributed by atoms with van der Waals surface area (Å²) in [4.78, 5) is 11.7. The van der Waals surface area contributed by atoms with Crippen LogP contribution in [0.3, 0.4) is 0 Å². The average Bonchev–Trinajstić information content (AvgIpc) is 2.46. The summed E-state index contributed by atoms with van der Waals surface area (Å²) in [6, 6.07) is 4.94. The lowest BCUT2D eigenvalue weighted by Gasteiger charge is -2.11. The number of hydrogen-bond donors (Lipinski definition) is 2. The second-order valence-corrected chi connectivity index (χ2v) is 4.00. The largest absolute Gasteiger partial charge is 0.493 e. The van der Waals surface area contributed by atoms with Crippen molar-refractivity contribution < 1.29 is 19.0 Å². The third-order valence-electron chi connectivity index (χ3n) is 2.60. The minimum atomic E-state index is -0.256. The highest BCUT2D eigenvalue weighted by atomic mass is 16.5. The van der Waals surface area contributed by atoms with Gasteiger partial charge < -0.3 is 24.8 Å². The van der Waals surface area contributed by atoms with Crippen LogP contribution in [-0.4, -0.2) is 40.0 Å². The van der Waals surface area contributed by atoms with E-state index in [1.54, 1.807) is 32.4 Å². The van der Waals surface area contributed by atoms with E-state index in [1.807, 2.05) is 6.92 Å². The Labute approximate surface area is 119 Å². The number of ether oxygens (including phenoxy) is 3. The lowest BCUT2D eigenvalue weighted by Crippen LogP contribution is -2.30. The van der Waals surface area contributed by atoms with E-state index in [4.69, 9.17) is 14.2 Å². The van der Waals surface area contributed by atoms with Crippen molar-refractivity contribution >= 4 is 11.7 Å². The molecule has 0 radical (unpaired) electrons. The van der Waals surface area contributed by atoms with Crippen LogP contribution >= 0.6 is 0 Å². The Morgan fingerprint density at radius 1 is 1.20 bits per heavy atom. The van der Waals surface area contributed by atoms with Crippen LogP contribution in [0.5, 0.6) is 11.5 Å². The Balaban J connectivity index is 2.41. The van der Waals surface area contributed by atoms with Gasteiger partial charge in [-0.2, -0.15) is 0 Å². The van der Waals surface area contributed by atoms with Gasteiger partial charge in [-0.1, -0.05) is 0 Å². The SMILES string of the molecule is CCOCCCNC(=O)Nc1ccc(OC)c(OC)c1. The maximum Gasteiger partial charge on any atom is 0.319 e. The number of methoxy groups -OCH3 is 2. The van der Waals surface area contributed by atoms with E-state index < -0.39 is 0 Å². The molecular formula is C14H22N2O4. The summed E-state index contributed by atoms with van der Waals surface area (Å²) in [6.45, 7) is 3.85. The fourth-order valence-electron chi connectivity index (χ4n) is 1.61. The van der Waals surface area contributed by atoms with Crippen LogP contribution in [0, 0.1) is 0 Å². The van der Waals surface area contributed by atoms with Crippen molar-refractivity contribution in [3.05, 3.63) is 18.2 Å². The maximum absolute atomic E-state index is 11.7. The Morgan fingerprint density at radius 2 is 1.95 bits per heavy atom. The third-order valence-corrected chi connectivity index (χ3v) is 2.60. The van der Waals surface area contributed by atoms with Crippen molar-refractivity contribution in [3.8, 4) is 11.5 Å². The molecule has 112 valence electrons. The van der Waals surface area contributed by atoms with Gasteiger partial charge in [0.05, 0.1) is 14.2 Å². The summed E-state index contributed by atoms with van der Waals surface area (Å²) in [5.41, 5.74) is 0.643. The average molecular weight is 282 g/mol. The van der Waals surface area contributed by atoms with Crippen LogP contribution < -0.4 is 20.1 Å². The molecule has 20 heavy (non-hydrogen) atoms. The van der Waals surface area contributed by atoms with Crippen LogP contribution in [0.4, 0.5) is 10.5 Å². The maximum atomic E-state index is 11.7. The monoisotopic (exact) mass is 282 g/mol. The lowest BCUT2D eigenvalue weighted by molar-refractivity contribution is 0.145. The van der Waals surface area contributed by atoms with Crippen molar-refractivity contribution in [2.45, 2.75) is 13.3 Å². The first kappa shape index (κ1) is 16.1. The standard InChI is InChI=1S/C14H22N2O4/c1-4-20-9-5-8-15-14(17)16-11-6-7-12(18-2)13(10-11)19-3/h6-7,10H,4-5,8-9H2,1-3H3,(H2,15,16,17). The Hall–Kier alpha value is -1.95. The molecule has 2 amide bonds. The molecule has 0 heterocycles. The van der Waals surface area contributed by atoms with Crippen molar-refractivity contribution in [3.63, 3.8) is 0 Å². The number of anilines is 1. The van der Waals surface area contributed by atoms with Crippen molar-refractivity contribution in [2.24, 2.45) is 0 Å². The second kappa shape index (κ2) is 9.03. The summed E-state index contributed by atoms with van der Waals surface area (Å²) in [5, 5.41) is 5.49. The molecule has 0 aliphatic heterocycles. The van der Waals surface area contributed by atoms with E-state index >= 15 is 0 Å². The summed E-state index contributed by atoms with van der Waals surface area (Å²) in [5.74, 6) is 1.19. The molecule has 0 saturated heterocycles. The Morgan fingerprint density at radius 3 is 2.60 bits per heavy atom. The predicted octanol–water partition coefficient (Wildman–Crippen LogP) is 2.25. The van der Waals surface area contributed by atoms with Crippen molar-refractivity contribution in [1.82, 2.24) is 5.32 Å². The normalized spacial score (nSPS) is 9.95. The van der Waals surface area contributed by atoms with E-state index in [-0.39, 0.29) is 6.03 Å². The molecule has 6 nitrogen and oxygen atoms in total. The highest BCUT2D eigenvalue weighted by molar-refractivity contribution is 5.89. The molecule has 1 rings (SSSR count). The quantitative estimate of drug-likeness (QED) is 0.718. The first-order valence-electron chi connectivity index (χ1n) is 6.55. The van der Waals surface area contributed by atoms with Gasteiger partial charge in [-0.15, -0.1) is 0 Å². The molecule has 0 atom stereocenters. The zero-order valence-corrected chi connectivity index (χ0v) is 12.2. The van der Waals surface area contributed by atoms with Crippen LogP contribution in [0.15, 0.2) is 18.2 Å². The fourth-order valence-corrected chi connectivity index (χ4v) is 1.61. The van der Waals surface area contributed by atoms with E-state index in [1.165, 1.54) is 0 Å². The van der Waals surface area contributed by atoms with Crippen LogP contribution in [-0.2, 0) is 4.74 Å². The van der Waals surface area contributed by atoms with E-state index in [0.717, 1.165) is 6.42 Å². The van der Waals surface area contributed by atoms with Gasteiger partial charge in [0.25, 0.3) is 0 Å². The number of nitrogens with one attached hydrogen (secondary N) is 2. The Bertz CT molecular complexity index is 424. The lowest BCUT2D eigenvalue weighted by atomic mass is 10.3. The van der Waals surface area contributed by atoms with E-state index in [2.05, 4.69) is 10.6 Å². The number of hydrogen-bond acceptors (Lipinski definition) is 4. The van der Waals surface area contributed by atoms with Crippen LogP contribution in [0.25, 0.3) is 0 Å². The number of benzene rings is 1. The van der Waals surface area contributed by atoms with Crippen LogP contribution in [0.2, 0.25) is 0 Å². The summed E-state index contributed by atoms with van der Waals surface area (Å²) >= 11 is 0. The number of rotatable bonds is 8. The summed E-state index contributed by atoms with van der Waals surface area (Å²) < 4.78 is 15.5. The van der Waals surface area contributed by atoms with Gasteiger partial charge in [0, 0.05) is 31.5 Å². The van der Waals surface area contributed by atoms with Crippen molar-refractivity contribution in [1.29, 1.82) is 0 Å². The smallest absolute Gasteiger partial charge is 0.319 e. The van der Waals surface area contributed by atoms with Gasteiger partial charge in [-0.3, -0.25) is 0 Å². The molecule has 1 aromatic rings. The van der Waals surface area contributed by atoms with Crippen LogP contribution in [0.1, 0.15) is 13.3 Å². The molecule has 6 heteroatoms. The molecular weight excluding hydrogens is 260 g/mol. The second-order valence-electron chi connectivity index (χ2n) is 4.00. The molecule has 0 aliphatic rings. The summed E-state index contributed by atoms with van der Waals surface area (Å²) in [7, 11) is 3.12. The molecule has 0 saturated carbocycles.